The number of rotatable bonds is 6. The first-order valence-corrected chi connectivity index (χ1v) is 7.68. The van der Waals surface area contributed by atoms with E-state index < -0.39 is 0 Å². The van der Waals surface area contributed by atoms with Crippen molar-refractivity contribution in [2.45, 2.75) is 52.1 Å². The first-order valence-electron chi connectivity index (χ1n) is 7.68. The van der Waals surface area contributed by atoms with Gasteiger partial charge in [0.2, 0.25) is 0 Å². The second-order valence-electron chi connectivity index (χ2n) is 6.08. The van der Waals surface area contributed by atoms with Crippen molar-refractivity contribution in [2.75, 3.05) is 7.05 Å². The van der Waals surface area contributed by atoms with Crippen LogP contribution in [-0.4, -0.2) is 21.8 Å². The molecule has 114 valence electrons. The summed E-state index contributed by atoms with van der Waals surface area (Å²) in [5.74, 6) is 1.59. The van der Waals surface area contributed by atoms with Crippen LogP contribution in [0.5, 0.6) is 0 Å². The number of hydrogen-bond acceptors (Lipinski definition) is 3. The third-order valence-electron chi connectivity index (χ3n) is 3.88. The Labute approximate surface area is 127 Å². The number of hydrogen-bond donors (Lipinski definition) is 1. The van der Waals surface area contributed by atoms with Crippen molar-refractivity contribution in [2.24, 2.45) is 0 Å². The average Bonchev–Trinajstić information content (AvgIpc) is 2.93. The zero-order valence-electron chi connectivity index (χ0n) is 13.7. The molecule has 1 unspecified atom stereocenters. The second kappa shape index (κ2) is 6.85. The van der Waals surface area contributed by atoms with Crippen molar-refractivity contribution in [1.29, 1.82) is 0 Å². The Hall–Kier alpha value is -1.68. The van der Waals surface area contributed by atoms with Gasteiger partial charge in [-0.15, -0.1) is 0 Å². The Kier molecular flexibility index (Phi) is 5.12. The average molecular weight is 286 g/mol. The quantitative estimate of drug-likeness (QED) is 0.884. The van der Waals surface area contributed by atoms with Crippen LogP contribution >= 0.6 is 0 Å². The summed E-state index contributed by atoms with van der Waals surface area (Å²) in [5, 5.41) is 7.70. The fraction of sp³-hybridized carbons (Fsp3) is 0.529. The molecule has 1 heterocycles. The first kappa shape index (κ1) is 15.7. The Morgan fingerprint density at radius 1 is 1.05 bits per heavy atom. The summed E-state index contributed by atoms with van der Waals surface area (Å²) in [6.07, 6.45) is 2.49. The van der Waals surface area contributed by atoms with E-state index in [0.717, 1.165) is 12.2 Å². The van der Waals surface area contributed by atoms with Gasteiger partial charge in [-0.25, -0.2) is 9.67 Å². The van der Waals surface area contributed by atoms with Crippen LogP contribution in [0.15, 0.2) is 30.6 Å². The molecule has 4 heteroatoms. The summed E-state index contributed by atoms with van der Waals surface area (Å²) in [6.45, 7) is 8.69. The fourth-order valence-corrected chi connectivity index (χ4v) is 2.53. The van der Waals surface area contributed by atoms with E-state index in [1.807, 2.05) is 11.7 Å². The minimum atomic E-state index is 0.257. The molecule has 2 aromatic rings. The van der Waals surface area contributed by atoms with Crippen LogP contribution in [0, 0.1) is 0 Å². The molecule has 1 aromatic carbocycles. The van der Waals surface area contributed by atoms with Gasteiger partial charge >= 0.3 is 0 Å². The maximum atomic E-state index is 4.41. The van der Waals surface area contributed by atoms with Crippen molar-refractivity contribution < 1.29 is 0 Å². The molecule has 0 saturated carbocycles. The lowest BCUT2D eigenvalue weighted by atomic mass is 9.97. The van der Waals surface area contributed by atoms with Crippen LogP contribution in [0.1, 0.15) is 62.6 Å². The van der Waals surface area contributed by atoms with Crippen molar-refractivity contribution >= 4 is 0 Å². The van der Waals surface area contributed by atoms with Crippen LogP contribution in [0.3, 0.4) is 0 Å². The Balaban J connectivity index is 2.17. The summed E-state index contributed by atoms with van der Waals surface area (Å²) in [5.41, 5.74) is 2.67. The van der Waals surface area contributed by atoms with Gasteiger partial charge in [0.15, 0.2) is 0 Å². The van der Waals surface area contributed by atoms with Crippen LogP contribution in [0.2, 0.25) is 0 Å². The topological polar surface area (TPSA) is 42.7 Å². The summed E-state index contributed by atoms with van der Waals surface area (Å²) in [7, 11) is 2.00. The number of nitrogens with zero attached hydrogens (tertiary/aromatic N) is 3. The van der Waals surface area contributed by atoms with Gasteiger partial charge in [0.25, 0.3) is 0 Å². The minimum absolute atomic E-state index is 0.257. The third kappa shape index (κ3) is 3.70. The lowest BCUT2D eigenvalue weighted by Crippen LogP contribution is -2.21. The van der Waals surface area contributed by atoms with Gasteiger partial charge in [-0.05, 0) is 37.9 Å². The molecule has 0 aliphatic rings. The molecule has 1 N–H and O–H groups in total. The molecule has 0 bridgehead atoms. The predicted molar refractivity (Wildman–Crippen MR) is 86.4 cm³/mol. The van der Waals surface area contributed by atoms with Gasteiger partial charge in [0.1, 0.15) is 12.2 Å². The predicted octanol–water partition coefficient (Wildman–Crippen LogP) is 3.49. The molecule has 0 aliphatic carbocycles. The standard InChI is InChI=1S/C17H26N4/c1-12(2)14-6-8-15(9-7-14)16(18-5)10-17-19-11-20-21(17)13(3)4/h6-9,11-13,16,18H,10H2,1-5H3. The molecular formula is C17H26N4. The molecular weight excluding hydrogens is 260 g/mol. The van der Waals surface area contributed by atoms with Gasteiger partial charge in [-0.2, -0.15) is 5.10 Å². The summed E-state index contributed by atoms with van der Waals surface area (Å²) >= 11 is 0. The van der Waals surface area contributed by atoms with Crippen LogP contribution in [0.25, 0.3) is 0 Å². The zero-order chi connectivity index (χ0) is 15.4. The van der Waals surface area contributed by atoms with Gasteiger partial charge in [-0.3, -0.25) is 0 Å². The molecule has 21 heavy (non-hydrogen) atoms. The van der Waals surface area contributed by atoms with Gasteiger partial charge in [0.05, 0.1) is 0 Å². The maximum absolute atomic E-state index is 4.41. The first-order chi connectivity index (χ1) is 10.0. The van der Waals surface area contributed by atoms with Crippen molar-refractivity contribution in [3.63, 3.8) is 0 Å². The van der Waals surface area contributed by atoms with E-state index in [2.05, 4.69) is 67.4 Å². The van der Waals surface area contributed by atoms with E-state index in [1.54, 1.807) is 6.33 Å². The lowest BCUT2D eigenvalue weighted by Gasteiger charge is -2.18. The van der Waals surface area contributed by atoms with Crippen LogP contribution in [-0.2, 0) is 6.42 Å². The summed E-state index contributed by atoms with van der Waals surface area (Å²) in [4.78, 5) is 4.41. The summed E-state index contributed by atoms with van der Waals surface area (Å²) < 4.78 is 1.99. The highest BCUT2D eigenvalue weighted by atomic mass is 15.3. The molecule has 0 aliphatic heterocycles. The van der Waals surface area contributed by atoms with Crippen LogP contribution < -0.4 is 5.32 Å². The third-order valence-corrected chi connectivity index (χ3v) is 3.88. The smallest absolute Gasteiger partial charge is 0.138 e. The molecule has 1 atom stereocenters. The van der Waals surface area contributed by atoms with Gasteiger partial charge in [-0.1, -0.05) is 38.1 Å². The lowest BCUT2D eigenvalue weighted by molar-refractivity contribution is 0.478. The molecule has 2 rings (SSSR count). The highest BCUT2D eigenvalue weighted by Crippen LogP contribution is 2.21. The maximum Gasteiger partial charge on any atom is 0.138 e. The molecule has 0 radical (unpaired) electrons. The zero-order valence-corrected chi connectivity index (χ0v) is 13.7. The molecule has 4 nitrogen and oxygen atoms in total. The molecule has 0 amide bonds. The van der Waals surface area contributed by atoms with Gasteiger partial charge in [0, 0.05) is 18.5 Å². The highest BCUT2D eigenvalue weighted by Gasteiger charge is 2.15. The molecule has 0 fully saturated rings. The molecule has 0 spiro atoms. The van der Waals surface area contributed by atoms with Crippen molar-refractivity contribution in [1.82, 2.24) is 20.1 Å². The van der Waals surface area contributed by atoms with Gasteiger partial charge < -0.3 is 5.32 Å². The molecule has 1 aromatic heterocycles. The second-order valence-corrected chi connectivity index (χ2v) is 6.08. The van der Waals surface area contributed by atoms with Crippen LogP contribution in [0.4, 0.5) is 0 Å². The summed E-state index contributed by atoms with van der Waals surface area (Å²) in [6, 6.07) is 9.46. The number of benzene rings is 1. The Morgan fingerprint density at radius 2 is 1.67 bits per heavy atom. The number of nitrogens with one attached hydrogen (secondary N) is 1. The minimum Gasteiger partial charge on any atom is -0.313 e. The normalized spacial score (nSPS) is 13.1. The van der Waals surface area contributed by atoms with Crippen molar-refractivity contribution in [3.05, 3.63) is 47.5 Å². The van der Waals surface area contributed by atoms with Crippen molar-refractivity contribution in [3.8, 4) is 0 Å². The largest absolute Gasteiger partial charge is 0.313 e. The van der Waals surface area contributed by atoms with E-state index in [-0.39, 0.29) is 6.04 Å². The number of likely N-dealkylation sites (N-methyl/N-ethyl adjacent to an activating group) is 1. The number of aromatic nitrogens is 3. The molecule has 0 saturated heterocycles. The van der Waals surface area contributed by atoms with E-state index in [4.69, 9.17) is 0 Å². The van der Waals surface area contributed by atoms with E-state index in [9.17, 15) is 0 Å². The van der Waals surface area contributed by atoms with E-state index in [1.165, 1.54) is 11.1 Å². The monoisotopic (exact) mass is 286 g/mol. The highest BCUT2D eigenvalue weighted by molar-refractivity contribution is 5.27. The van der Waals surface area contributed by atoms with E-state index in [0.29, 0.717) is 12.0 Å². The Morgan fingerprint density at radius 3 is 2.19 bits per heavy atom. The fourth-order valence-electron chi connectivity index (χ4n) is 2.53. The van der Waals surface area contributed by atoms with E-state index >= 15 is 0 Å². The SMILES string of the molecule is CNC(Cc1ncnn1C(C)C)c1ccc(C(C)C)cc1. The Bertz CT molecular complexity index is 554.